The average molecular weight is 1060 g/mol. The van der Waals surface area contributed by atoms with E-state index >= 15 is 0 Å². The van der Waals surface area contributed by atoms with E-state index in [0.29, 0.717) is 0 Å². The highest BCUT2D eigenvalue weighted by atomic mass is 16.5. The van der Waals surface area contributed by atoms with Gasteiger partial charge in [-0.05, 0) is 156 Å². The van der Waals surface area contributed by atoms with Crippen LogP contribution in [0.15, 0.2) is 309 Å². The summed E-state index contributed by atoms with van der Waals surface area (Å²) in [6, 6.07) is 113. The van der Waals surface area contributed by atoms with Crippen LogP contribution in [0.2, 0.25) is 0 Å². The van der Waals surface area contributed by atoms with Gasteiger partial charge in [0.2, 0.25) is 0 Å². The van der Waals surface area contributed by atoms with E-state index in [-0.39, 0.29) is 0 Å². The summed E-state index contributed by atoms with van der Waals surface area (Å²) in [5, 5.41) is 0. The largest absolute Gasteiger partial charge is 0.457 e. The lowest BCUT2D eigenvalue weighted by Crippen LogP contribution is -2.32. The summed E-state index contributed by atoms with van der Waals surface area (Å²) in [4.78, 5) is 2.43. The fourth-order valence-corrected chi connectivity index (χ4v) is 14.7. The normalized spacial score (nSPS) is 13.7. The minimum atomic E-state index is -0.574. The zero-order chi connectivity index (χ0) is 54.6. The Morgan fingerprint density at radius 3 is 0.988 bits per heavy atom. The lowest BCUT2D eigenvalue weighted by molar-refractivity contribution is 0.436. The van der Waals surface area contributed by atoms with Crippen LogP contribution in [0.3, 0.4) is 0 Å². The molecular formula is C80H51NO2. The van der Waals surface area contributed by atoms with Gasteiger partial charge in [-0.15, -0.1) is 0 Å². The highest BCUT2D eigenvalue weighted by molar-refractivity contribution is 5.99. The molecule has 0 N–H and O–H groups in total. The summed E-state index contributed by atoms with van der Waals surface area (Å²) in [6.45, 7) is 0. The number of hydrogen-bond acceptors (Lipinski definition) is 3. The molecule has 0 saturated carbocycles. The molecule has 0 aromatic heterocycles. The Morgan fingerprint density at radius 1 is 0.205 bits per heavy atom. The van der Waals surface area contributed by atoms with Crippen molar-refractivity contribution in [3.8, 4) is 89.8 Å². The third-order valence-corrected chi connectivity index (χ3v) is 18.0. The van der Waals surface area contributed by atoms with Gasteiger partial charge in [0.1, 0.15) is 23.0 Å². The van der Waals surface area contributed by atoms with Crippen LogP contribution in [0.1, 0.15) is 44.5 Å². The van der Waals surface area contributed by atoms with Gasteiger partial charge >= 0.3 is 0 Å². The Bertz CT molecular complexity index is 4430. The molecule has 2 aliphatic heterocycles. The third kappa shape index (κ3) is 6.86. The van der Waals surface area contributed by atoms with Crippen molar-refractivity contribution in [2.45, 2.75) is 10.8 Å². The Kier molecular flexibility index (Phi) is 10.4. The van der Waals surface area contributed by atoms with Gasteiger partial charge < -0.3 is 14.4 Å². The second kappa shape index (κ2) is 18.4. The molecule has 0 unspecified atom stereocenters. The molecule has 2 heterocycles. The molecule has 4 aliphatic rings. The van der Waals surface area contributed by atoms with E-state index < -0.39 is 10.8 Å². The predicted octanol–water partition coefficient (Wildman–Crippen LogP) is 20.8. The molecule has 388 valence electrons. The predicted molar refractivity (Wildman–Crippen MR) is 338 cm³/mol. The number of para-hydroxylation sites is 4. The molecule has 13 aromatic rings. The van der Waals surface area contributed by atoms with Crippen LogP contribution in [0.25, 0.3) is 66.8 Å². The van der Waals surface area contributed by atoms with Crippen LogP contribution in [0, 0.1) is 0 Å². The van der Waals surface area contributed by atoms with Crippen LogP contribution in [0.5, 0.6) is 23.0 Å². The van der Waals surface area contributed by atoms with Gasteiger partial charge in [0, 0.05) is 39.3 Å². The van der Waals surface area contributed by atoms with Crippen molar-refractivity contribution in [3.63, 3.8) is 0 Å². The van der Waals surface area contributed by atoms with E-state index in [4.69, 9.17) is 9.47 Å². The minimum absolute atomic E-state index is 0.574. The van der Waals surface area contributed by atoms with E-state index in [0.717, 1.165) is 79.0 Å². The Balaban J connectivity index is 0.844. The first-order valence-electron chi connectivity index (χ1n) is 28.6. The number of ether oxygens (including phenoxy) is 2. The first-order chi connectivity index (χ1) is 41.2. The van der Waals surface area contributed by atoms with E-state index in [1.165, 1.54) is 72.3 Å². The van der Waals surface area contributed by atoms with Crippen molar-refractivity contribution in [3.05, 3.63) is 354 Å². The first kappa shape index (κ1) is 47.1. The minimum Gasteiger partial charge on any atom is -0.457 e. The van der Waals surface area contributed by atoms with Gasteiger partial charge in [0.15, 0.2) is 0 Å². The Morgan fingerprint density at radius 2 is 0.530 bits per heavy atom. The lowest BCUT2D eigenvalue weighted by atomic mass is 9.66. The second-order valence-corrected chi connectivity index (χ2v) is 22.2. The van der Waals surface area contributed by atoms with Gasteiger partial charge in [-0.2, -0.15) is 0 Å². The smallest absolute Gasteiger partial charge is 0.132 e. The third-order valence-electron chi connectivity index (χ3n) is 18.0. The number of benzene rings is 13. The molecule has 83 heavy (non-hydrogen) atoms. The average Bonchev–Trinajstić information content (AvgIpc) is 1.69. The molecule has 3 nitrogen and oxygen atoms in total. The first-order valence-corrected chi connectivity index (χ1v) is 28.6. The van der Waals surface area contributed by atoms with E-state index in [9.17, 15) is 0 Å². The van der Waals surface area contributed by atoms with E-state index in [1.807, 2.05) is 0 Å². The van der Waals surface area contributed by atoms with Crippen molar-refractivity contribution in [2.75, 3.05) is 4.90 Å². The SMILES string of the molecule is c1ccc(-c2cccc(-c3ccc(N(c4cccc(-c5cccc6c5-c5ccccc5C65c6ccccc6Oc6ccccc65)c4)c4cccc(-c5cccc6c5-c5ccccc5C65c6ccccc6Oc6ccccc65)c4)cc3)c2)cc1. The number of fused-ring (bicyclic) bond motifs is 18. The number of anilines is 3. The van der Waals surface area contributed by atoms with Crippen LogP contribution < -0.4 is 14.4 Å². The van der Waals surface area contributed by atoms with E-state index in [1.54, 1.807) is 0 Å². The van der Waals surface area contributed by atoms with Crippen molar-refractivity contribution >= 4 is 17.1 Å². The fourth-order valence-electron chi connectivity index (χ4n) is 14.7. The van der Waals surface area contributed by atoms with Crippen LogP contribution in [-0.4, -0.2) is 0 Å². The molecule has 2 spiro atoms. The summed E-state index contributed by atoms with van der Waals surface area (Å²) in [7, 11) is 0. The van der Waals surface area contributed by atoms with Gasteiger partial charge in [-0.1, -0.05) is 243 Å². The van der Waals surface area contributed by atoms with E-state index in [2.05, 4.69) is 314 Å². The summed E-state index contributed by atoms with van der Waals surface area (Å²) in [6.07, 6.45) is 0. The zero-order valence-electron chi connectivity index (χ0n) is 45.2. The van der Waals surface area contributed by atoms with Crippen LogP contribution in [0.4, 0.5) is 17.1 Å². The van der Waals surface area contributed by atoms with Gasteiger partial charge in [-0.3, -0.25) is 0 Å². The molecule has 17 rings (SSSR count). The Labute approximate surface area is 483 Å². The van der Waals surface area contributed by atoms with Gasteiger partial charge in [0.25, 0.3) is 0 Å². The molecule has 0 bridgehead atoms. The molecule has 0 radical (unpaired) electrons. The standard InChI is InChI=1S/C80H51NO2/c1-2-21-52(22-3-1)54-23-16-24-55(49-54)53-45-47-58(48-46-53)81(59-27-17-25-56(50-59)61-31-19-39-71-77(61)63-29-4-6-33-65(63)79(71)67-35-8-12-41-73(67)82-74-42-13-9-36-68(74)79)60-28-18-26-57(51-60)62-32-20-40-72-78(62)64-30-5-7-34-66(64)80(72)69-37-10-14-43-75(69)83-76-44-15-11-38-70(76)80/h1-51H. The monoisotopic (exact) mass is 1060 g/mol. The van der Waals surface area contributed by atoms with Crippen molar-refractivity contribution in [1.82, 2.24) is 0 Å². The lowest BCUT2D eigenvalue weighted by Gasteiger charge is -2.39. The number of hydrogen-bond donors (Lipinski definition) is 0. The summed E-state index contributed by atoms with van der Waals surface area (Å²) in [5.41, 5.74) is 26.0. The van der Waals surface area contributed by atoms with Gasteiger partial charge in [-0.25, -0.2) is 0 Å². The topological polar surface area (TPSA) is 21.7 Å². The molecule has 0 amide bonds. The highest BCUT2D eigenvalue weighted by Crippen LogP contribution is 2.65. The maximum absolute atomic E-state index is 6.71. The van der Waals surface area contributed by atoms with Crippen LogP contribution >= 0.6 is 0 Å². The Hall–Kier alpha value is -10.7. The molecule has 13 aromatic carbocycles. The van der Waals surface area contributed by atoms with Crippen molar-refractivity contribution < 1.29 is 9.47 Å². The fraction of sp³-hybridized carbons (Fsp3) is 0.0250. The summed E-state index contributed by atoms with van der Waals surface area (Å²) >= 11 is 0. The molecule has 0 fully saturated rings. The van der Waals surface area contributed by atoms with Gasteiger partial charge in [0.05, 0.1) is 10.8 Å². The quantitative estimate of drug-likeness (QED) is 0.159. The second-order valence-electron chi connectivity index (χ2n) is 22.2. The molecule has 2 aliphatic carbocycles. The highest BCUT2D eigenvalue weighted by Gasteiger charge is 2.53. The maximum Gasteiger partial charge on any atom is 0.132 e. The van der Waals surface area contributed by atoms with Crippen LogP contribution in [-0.2, 0) is 10.8 Å². The zero-order valence-corrected chi connectivity index (χ0v) is 45.2. The molecule has 3 heteroatoms. The molecular weight excluding hydrogens is 1010 g/mol. The molecule has 0 saturated heterocycles. The molecule has 0 atom stereocenters. The number of nitrogens with zero attached hydrogens (tertiary/aromatic N) is 1. The summed E-state index contributed by atoms with van der Waals surface area (Å²) < 4.78 is 13.4. The van der Waals surface area contributed by atoms with Crippen molar-refractivity contribution in [1.29, 1.82) is 0 Å². The maximum atomic E-state index is 6.71. The summed E-state index contributed by atoms with van der Waals surface area (Å²) in [5.74, 6) is 3.55. The van der Waals surface area contributed by atoms with Crippen molar-refractivity contribution in [2.24, 2.45) is 0 Å². The number of rotatable bonds is 7.